The molecular weight excluding hydrogens is 372 g/mol. The van der Waals surface area contributed by atoms with E-state index in [4.69, 9.17) is 4.74 Å². The van der Waals surface area contributed by atoms with Crippen molar-refractivity contribution < 1.29 is 17.9 Å². The van der Waals surface area contributed by atoms with Crippen molar-refractivity contribution in [1.29, 1.82) is 0 Å². The smallest absolute Gasteiger partial charge is 0.315 e. The fourth-order valence-corrected chi connectivity index (χ4v) is 4.33. The molecule has 1 aromatic heterocycles. The predicted molar refractivity (Wildman–Crippen MR) is 96.6 cm³/mol. The van der Waals surface area contributed by atoms with Crippen LogP contribution in [0.1, 0.15) is 18.8 Å². The van der Waals surface area contributed by atoms with Crippen LogP contribution in [-0.2, 0) is 17.1 Å². The first-order valence-electron chi connectivity index (χ1n) is 8.36. The molecule has 10 nitrogen and oxygen atoms in total. The average molecular weight is 394 g/mol. The molecule has 0 unspecified atom stereocenters. The second-order valence-electron chi connectivity index (χ2n) is 6.33. The maximum Gasteiger partial charge on any atom is 0.315 e. The third-order valence-corrected chi connectivity index (χ3v) is 6.21. The number of urea groups is 1. The van der Waals surface area contributed by atoms with Crippen molar-refractivity contribution in [3.05, 3.63) is 36.4 Å². The molecule has 11 heteroatoms. The fourth-order valence-electron chi connectivity index (χ4n) is 2.79. The maximum atomic E-state index is 12.6. The molecule has 1 atom stereocenters. The number of nitrogens with one attached hydrogen (secondary N) is 2. The summed E-state index contributed by atoms with van der Waals surface area (Å²) in [5.41, 5.74) is 0. The quantitative estimate of drug-likeness (QED) is 0.725. The summed E-state index contributed by atoms with van der Waals surface area (Å²) >= 11 is 0. The molecule has 2 heterocycles. The molecule has 1 aromatic carbocycles. The Bertz CT molecular complexity index is 905. The molecule has 0 aliphatic carbocycles. The molecule has 146 valence electrons. The lowest BCUT2D eigenvalue weighted by atomic mass is 10.2. The van der Waals surface area contributed by atoms with E-state index in [9.17, 15) is 13.2 Å². The van der Waals surface area contributed by atoms with Crippen LogP contribution < -0.4 is 15.4 Å². The van der Waals surface area contributed by atoms with Crippen molar-refractivity contribution >= 4 is 16.1 Å². The highest BCUT2D eigenvalue weighted by Crippen LogP contribution is 2.23. The van der Waals surface area contributed by atoms with Crippen molar-refractivity contribution in [2.75, 3.05) is 20.2 Å². The minimum absolute atomic E-state index is 0.196. The summed E-state index contributed by atoms with van der Waals surface area (Å²) in [6, 6.07) is 5.26. The molecule has 1 fully saturated rings. The number of sulfonamides is 1. The number of nitrogens with zero attached hydrogens (tertiary/aromatic N) is 4. The lowest BCUT2D eigenvalue weighted by molar-refractivity contribution is 0.202. The van der Waals surface area contributed by atoms with Gasteiger partial charge in [0.1, 0.15) is 12.1 Å². The Hall–Kier alpha value is -2.66. The zero-order valence-electron chi connectivity index (χ0n) is 15.3. The topological polar surface area (TPSA) is 118 Å². The lowest BCUT2D eigenvalue weighted by Crippen LogP contribution is -2.62. The molecule has 0 saturated carbocycles. The molecule has 2 aromatic rings. The lowest BCUT2D eigenvalue weighted by Gasteiger charge is -2.38. The van der Waals surface area contributed by atoms with Gasteiger partial charge in [-0.05, 0) is 31.2 Å². The summed E-state index contributed by atoms with van der Waals surface area (Å²) < 4.78 is 33.2. The van der Waals surface area contributed by atoms with E-state index in [0.29, 0.717) is 11.6 Å². The van der Waals surface area contributed by atoms with Crippen molar-refractivity contribution in [2.24, 2.45) is 7.05 Å². The van der Waals surface area contributed by atoms with Gasteiger partial charge < -0.3 is 19.9 Å². The molecule has 3 rings (SSSR count). The van der Waals surface area contributed by atoms with Gasteiger partial charge in [-0.1, -0.05) is 0 Å². The van der Waals surface area contributed by atoms with Gasteiger partial charge >= 0.3 is 6.03 Å². The van der Waals surface area contributed by atoms with E-state index >= 15 is 0 Å². The standard InChI is InChI=1S/C16H22N6O4S/c1-11(15-20-17-10-21(15)2)18-16(23)19-12-8-22(9-12)27(24,25)14-6-4-13(26-3)5-7-14/h4-7,10-12H,8-9H2,1-3H3,(H2,18,19,23)/t11-/m1/s1. The monoisotopic (exact) mass is 394 g/mol. The Labute approximate surface area is 157 Å². The molecule has 1 aliphatic rings. The second kappa shape index (κ2) is 7.53. The number of hydrogen-bond donors (Lipinski definition) is 2. The number of aryl methyl sites for hydroxylation is 1. The van der Waals surface area contributed by atoms with E-state index in [1.807, 2.05) is 0 Å². The number of carbonyl (C=O) groups is 1. The first-order valence-corrected chi connectivity index (χ1v) is 9.80. The number of methoxy groups -OCH3 is 1. The molecule has 2 amide bonds. The Morgan fingerprint density at radius 3 is 2.52 bits per heavy atom. The van der Waals surface area contributed by atoms with Crippen LogP contribution >= 0.6 is 0 Å². The normalized spacial score (nSPS) is 16.4. The Morgan fingerprint density at radius 1 is 1.30 bits per heavy atom. The Balaban J connectivity index is 1.51. The minimum Gasteiger partial charge on any atom is -0.497 e. The maximum absolute atomic E-state index is 12.6. The zero-order valence-corrected chi connectivity index (χ0v) is 16.1. The largest absolute Gasteiger partial charge is 0.497 e. The summed E-state index contributed by atoms with van der Waals surface area (Å²) in [7, 11) is -0.265. The average Bonchev–Trinajstić information content (AvgIpc) is 3.03. The Kier molecular flexibility index (Phi) is 5.33. The molecule has 27 heavy (non-hydrogen) atoms. The zero-order chi connectivity index (χ0) is 19.6. The molecule has 1 saturated heterocycles. The van der Waals surface area contributed by atoms with Gasteiger partial charge in [0.2, 0.25) is 10.0 Å². The third-order valence-electron chi connectivity index (χ3n) is 4.36. The molecular formula is C16H22N6O4S. The Morgan fingerprint density at radius 2 is 1.96 bits per heavy atom. The van der Waals surface area contributed by atoms with Crippen LogP contribution in [0.15, 0.2) is 35.5 Å². The number of rotatable bonds is 6. The van der Waals surface area contributed by atoms with Crippen LogP contribution in [0.2, 0.25) is 0 Å². The highest BCUT2D eigenvalue weighted by molar-refractivity contribution is 7.89. The third kappa shape index (κ3) is 4.03. The van der Waals surface area contributed by atoms with Crippen molar-refractivity contribution in [1.82, 2.24) is 29.7 Å². The molecule has 0 radical (unpaired) electrons. The number of amides is 2. The molecule has 0 spiro atoms. The number of hydrogen-bond acceptors (Lipinski definition) is 6. The summed E-state index contributed by atoms with van der Waals surface area (Å²) in [6.45, 7) is 2.24. The van der Waals surface area contributed by atoms with Crippen molar-refractivity contribution in [3.63, 3.8) is 0 Å². The first kappa shape index (κ1) is 19.1. The van der Waals surface area contributed by atoms with E-state index < -0.39 is 10.0 Å². The van der Waals surface area contributed by atoms with E-state index in [-0.39, 0.29) is 36.1 Å². The van der Waals surface area contributed by atoms with Crippen molar-refractivity contribution in [2.45, 2.75) is 23.9 Å². The summed E-state index contributed by atoms with van der Waals surface area (Å²) in [5.74, 6) is 1.22. The van der Waals surface area contributed by atoms with Crippen LogP contribution in [0, 0.1) is 0 Å². The van der Waals surface area contributed by atoms with E-state index in [0.717, 1.165) is 0 Å². The van der Waals surface area contributed by atoms with Gasteiger partial charge in [0, 0.05) is 20.1 Å². The highest BCUT2D eigenvalue weighted by atomic mass is 32.2. The van der Waals surface area contributed by atoms with Gasteiger partial charge in [-0.25, -0.2) is 13.2 Å². The van der Waals surface area contributed by atoms with E-state index in [2.05, 4.69) is 20.8 Å². The number of carbonyl (C=O) groups excluding carboxylic acids is 1. The first-order chi connectivity index (χ1) is 12.8. The highest BCUT2D eigenvalue weighted by Gasteiger charge is 2.37. The van der Waals surface area contributed by atoms with Crippen LogP contribution in [0.4, 0.5) is 4.79 Å². The van der Waals surface area contributed by atoms with Crippen molar-refractivity contribution in [3.8, 4) is 5.75 Å². The van der Waals surface area contributed by atoms with Gasteiger partial charge in [0.25, 0.3) is 0 Å². The van der Waals surface area contributed by atoms with E-state index in [1.165, 1.54) is 23.5 Å². The van der Waals surface area contributed by atoms with Gasteiger partial charge in [-0.2, -0.15) is 4.31 Å². The fraction of sp³-hybridized carbons (Fsp3) is 0.438. The number of ether oxygens (including phenoxy) is 1. The van der Waals surface area contributed by atoms with Gasteiger partial charge in [0.15, 0.2) is 5.82 Å². The number of aromatic nitrogens is 3. The summed E-state index contributed by atoms with van der Waals surface area (Å²) in [5, 5.41) is 13.3. The van der Waals surface area contributed by atoms with Gasteiger partial charge in [0.05, 0.1) is 24.1 Å². The molecule has 1 aliphatic heterocycles. The number of benzene rings is 1. The molecule has 2 N–H and O–H groups in total. The summed E-state index contributed by atoms with van der Waals surface area (Å²) in [4.78, 5) is 12.3. The predicted octanol–water partition coefficient (Wildman–Crippen LogP) is 0.257. The SMILES string of the molecule is COc1ccc(S(=O)(=O)N2CC(NC(=O)N[C@H](C)c3nncn3C)C2)cc1. The summed E-state index contributed by atoms with van der Waals surface area (Å²) in [6.07, 6.45) is 1.55. The van der Waals surface area contributed by atoms with Gasteiger partial charge in [-0.3, -0.25) is 0 Å². The molecule has 0 bridgehead atoms. The minimum atomic E-state index is -3.58. The van der Waals surface area contributed by atoms with Crippen LogP contribution in [-0.4, -0.2) is 59.8 Å². The van der Waals surface area contributed by atoms with Crippen LogP contribution in [0.25, 0.3) is 0 Å². The van der Waals surface area contributed by atoms with Crippen LogP contribution in [0.5, 0.6) is 5.75 Å². The second-order valence-corrected chi connectivity index (χ2v) is 8.27. The van der Waals surface area contributed by atoms with Crippen LogP contribution in [0.3, 0.4) is 0 Å². The van der Waals surface area contributed by atoms with Gasteiger partial charge in [-0.15, -0.1) is 10.2 Å². The van der Waals surface area contributed by atoms with E-state index in [1.54, 1.807) is 37.0 Å².